The zero-order valence-corrected chi connectivity index (χ0v) is 11.7. The SMILES string of the molecule is CC(C)N(CCN1CCCCC1)c1ccccn1. The minimum atomic E-state index is 0.504. The second kappa shape index (κ2) is 6.74. The summed E-state index contributed by atoms with van der Waals surface area (Å²) in [5.74, 6) is 1.10. The van der Waals surface area contributed by atoms with Gasteiger partial charge in [-0.25, -0.2) is 4.98 Å². The van der Waals surface area contributed by atoms with Crippen LogP contribution in [0.1, 0.15) is 33.1 Å². The minimum absolute atomic E-state index is 0.504. The lowest BCUT2D eigenvalue weighted by atomic mass is 10.1. The molecule has 1 aliphatic heterocycles. The molecule has 2 rings (SSSR count). The molecule has 0 spiro atoms. The van der Waals surface area contributed by atoms with Gasteiger partial charge < -0.3 is 9.80 Å². The maximum atomic E-state index is 4.47. The normalized spacial score (nSPS) is 17.1. The molecule has 3 nitrogen and oxygen atoms in total. The summed E-state index contributed by atoms with van der Waals surface area (Å²) in [4.78, 5) is 9.45. The maximum absolute atomic E-state index is 4.47. The number of anilines is 1. The molecule has 18 heavy (non-hydrogen) atoms. The van der Waals surface area contributed by atoms with E-state index >= 15 is 0 Å². The Morgan fingerprint density at radius 2 is 2.00 bits per heavy atom. The molecule has 0 aliphatic carbocycles. The number of hydrogen-bond acceptors (Lipinski definition) is 3. The van der Waals surface area contributed by atoms with Crippen LogP contribution in [0.25, 0.3) is 0 Å². The molecule has 100 valence electrons. The molecule has 0 saturated carbocycles. The summed E-state index contributed by atoms with van der Waals surface area (Å²) in [5.41, 5.74) is 0. The standard InChI is InChI=1S/C15H25N3/c1-14(2)18(15-8-4-5-9-16-15)13-12-17-10-6-3-7-11-17/h4-5,8-9,14H,3,6-7,10-13H2,1-2H3. The average molecular weight is 247 g/mol. The fourth-order valence-corrected chi connectivity index (χ4v) is 2.59. The smallest absolute Gasteiger partial charge is 0.128 e. The topological polar surface area (TPSA) is 19.4 Å². The van der Waals surface area contributed by atoms with Crippen molar-refractivity contribution in [2.45, 2.75) is 39.2 Å². The second-order valence-corrected chi connectivity index (χ2v) is 5.38. The summed E-state index contributed by atoms with van der Waals surface area (Å²) in [6, 6.07) is 6.66. The Morgan fingerprint density at radius 3 is 2.61 bits per heavy atom. The summed E-state index contributed by atoms with van der Waals surface area (Å²) in [5, 5.41) is 0. The van der Waals surface area contributed by atoms with E-state index in [1.165, 1.54) is 32.4 Å². The van der Waals surface area contributed by atoms with E-state index < -0.39 is 0 Å². The number of likely N-dealkylation sites (tertiary alicyclic amines) is 1. The Kier molecular flexibility index (Phi) is 5.00. The molecule has 1 aliphatic rings. The van der Waals surface area contributed by atoms with Crippen LogP contribution in [0, 0.1) is 0 Å². The molecule has 0 unspecified atom stereocenters. The van der Waals surface area contributed by atoms with Crippen LogP contribution < -0.4 is 4.90 Å². The van der Waals surface area contributed by atoms with Crippen LogP contribution in [-0.4, -0.2) is 42.1 Å². The Balaban J connectivity index is 1.90. The van der Waals surface area contributed by atoms with Gasteiger partial charge in [-0.1, -0.05) is 12.5 Å². The minimum Gasteiger partial charge on any atom is -0.353 e. The van der Waals surface area contributed by atoms with Gasteiger partial charge in [-0.15, -0.1) is 0 Å². The lowest BCUT2D eigenvalue weighted by Gasteiger charge is -2.32. The van der Waals surface area contributed by atoms with Gasteiger partial charge in [0.1, 0.15) is 5.82 Å². The molecule has 1 saturated heterocycles. The fourth-order valence-electron chi connectivity index (χ4n) is 2.59. The van der Waals surface area contributed by atoms with Gasteiger partial charge in [0.05, 0.1) is 0 Å². The molecule has 0 atom stereocenters. The molecule has 2 heterocycles. The molecule has 0 N–H and O–H groups in total. The average Bonchev–Trinajstić information content (AvgIpc) is 2.41. The van der Waals surface area contributed by atoms with E-state index in [4.69, 9.17) is 0 Å². The van der Waals surface area contributed by atoms with Gasteiger partial charge in [0.2, 0.25) is 0 Å². The number of aromatic nitrogens is 1. The molecule has 1 fully saturated rings. The molecule has 0 amide bonds. The summed E-state index contributed by atoms with van der Waals surface area (Å²) in [6.45, 7) is 9.27. The van der Waals surface area contributed by atoms with E-state index in [9.17, 15) is 0 Å². The highest BCUT2D eigenvalue weighted by Gasteiger charge is 2.15. The van der Waals surface area contributed by atoms with Crippen molar-refractivity contribution in [2.24, 2.45) is 0 Å². The van der Waals surface area contributed by atoms with E-state index in [1.54, 1.807) is 0 Å². The molecular formula is C15H25N3. The van der Waals surface area contributed by atoms with E-state index in [1.807, 2.05) is 12.3 Å². The van der Waals surface area contributed by atoms with Gasteiger partial charge >= 0.3 is 0 Å². The van der Waals surface area contributed by atoms with Crippen LogP contribution >= 0.6 is 0 Å². The predicted molar refractivity (Wildman–Crippen MR) is 77.0 cm³/mol. The first-order valence-electron chi connectivity index (χ1n) is 7.17. The number of rotatable bonds is 5. The Morgan fingerprint density at radius 1 is 1.22 bits per heavy atom. The monoisotopic (exact) mass is 247 g/mol. The van der Waals surface area contributed by atoms with Crippen molar-refractivity contribution < 1.29 is 0 Å². The molecule has 0 bridgehead atoms. The van der Waals surface area contributed by atoms with Crippen molar-refractivity contribution in [1.29, 1.82) is 0 Å². The number of hydrogen-bond donors (Lipinski definition) is 0. The summed E-state index contributed by atoms with van der Waals surface area (Å²) >= 11 is 0. The van der Waals surface area contributed by atoms with Crippen molar-refractivity contribution in [3.8, 4) is 0 Å². The van der Waals surface area contributed by atoms with Gasteiger partial charge in [-0.2, -0.15) is 0 Å². The molecule has 1 aromatic heterocycles. The van der Waals surface area contributed by atoms with Crippen molar-refractivity contribution in [3.05, 3.63) is 24.4 Å². The summed E-state index contributed by atoms with van der Waals surface area (Å²) < 4.78 is 0. The number of nitrogens with zero attached hydrogens (tertiary/aromatic N) is 3. The molecule has 3 heteroatoms. The third-order valence-electron chi connectivity index (χ3n) is 3.67. The van der Waals surface area contributed by atoms with Crippen LogP contribution in [0.2, 0.25) is 0 Å². The highest BCUT2D eigenvalue weighted by Crippen LogP contribution is 2.14. The van der Waals surface area contributed by atoms with Gasteiger partial charge in [0.25, 0.3) is 0 Å². The number of piperidine rings is 1. The van der Waals surface area contributed by atoms with Crippen molar-refractivity contribution >= 4 is 5.82 Å². The van der Waals surface area contributed by atoms with Crippen molar-refractivity contribution in [3.63, 3.8) is 0 Å². The molecule has 0 radical (unpaired) electrons. The van der Waals surface area contributed by atoms with Gasteiger partial charge in [0.15, 0.2) is 0 Å². The first-order chi connectivity index (χ1) is 8.77. The van der Waals surface area contributed by atoms with E-state index in [0.717, 1.165) is 18.9 Å². The highest BCUT2D eigenvalue weighted by atomic mass is 15.2. The zero-order valence-electron chi connectivity index (χ0n) is 11.7. The lowest BCUT2D eigenvalue weighted by molar-refractivity contribution is 0.232. The van der Waals surface area contributed by atoms with Crippen molar-refractivity contribution in [1.82, 2.24) is 9.88 Å². The van der Waals surface area contributed by atoms with Crippen LogP contribution in [0.15, 0.2) is 24.4 Å². The molecule has 1 aromatic rings. The first kappa shape index (κ1) is 13.3. The quantitative estimate of drug-likeness (QED) is 0.797. The Bertz CT molecular complexity index is 331. The maximum Gasteiger partial charge on any atom is 0.128 e. The van der Waals surface area contributed by atoms with Crippen LogP contribution in [0.3, 0.4) is 0 Å². The predicted octanol–water partition coefficient (Wildman–Crippen LogP) is 2.78. The lowest BCUT2D eigenvalue weighted by Crippen LogP contribution is -2.41. The first-order valence-corrected chi connectivity index (χ1v) is 7.17. The fraction of sp³-hybridized carbons (Fsp3) is 0.667. The summed E-state index contributed by atoms with van der Waals surface area (Å²) in [6.07, 6.45) is 6.02. The van der Waals surface area contributed by atoms with E-state index in [-0.39, 0.29) is 0 Å². The summed E-state index contributed by atoms with van der Waals surface area (Å²) in [7, 11) is 0. The van der Waals surface area contributed by atoms with Crippen LogP contribution in [0.4, 0.5) is 5.82 Å². The van der Waals surface area contributed by atoms with Gasteiger partial charge in [-0.05, 0) is 51.9 Å². The second-order valence-electron chi connectivity index (χ2n) is 5.38. The third kappa shape index (κ3) is 3.70. The van der Waals surface area contributed by atoms with Crippen LogP contribution in [0.5, 0.6) is 0 Å². The molecular weight excluding hydrogens is 222 g/mol. The molecule has 0 aromatic carbocycles. The van der Waals surface area contributed by atoms with Crippen LogP contribution in [-0.2, 0) is 0 Å². The van der Waals surface area contributed by atoms with Gasteiger partial charge in [0, 0.05) is 25.3 Å². The Labute approximate surface area is 111 Å². The number of pyridine rings is 1. The van der Waals surface area contributed by atoms with Crippen molar-refractivity contribution in [2.75, 3.05) is 31.1 Å². The van der Waals surface area contributed by atoms with Gasteiger partial charge in [-0.3, -0.25) is 0 Å². The zero-order chi connectivity index (χ0) is 12.8. The van der Waals surface area contributed by atoms with E-state index in [0.29, 0.717) is 6.04 Å². The third-order valence-corrected chi connectivity index (χ3v) is 3.67. The largest absolute Gasteiger partial charge is 0.353 e. The highest BCUT2D eigenvalue weighted by molar-refractivity contribution is 5.38. The van der Waals surface area contributed by atoms with E-state index in [2.05, 4.69) is 40.8 Å². The Hall–Kier alpha value is -1.09.